The molecule has 1 aromatic heterocycles. The van der Waals surface area contributed by atoms with Crippen molar-refractivity contribution in [2.75, 3.05) is 0 Å². The molecule has 3 heteroatoms. The van der Waals surface area contributed by atoms with E-state index in [0.717, 1.165) is 29.5 Å². The average Bonchev–Trinajstić information content (AvgIpc) is 3.18. The summed E-state index contributed by atoms with van der Waals surface area (Å²) in [6.45, 7) is 5.22. The molecule has 1 heterocycles. The van der Waals surface area contributed by atoms with Crippen LogP contribution in [0.25, 0.3) is 11.3 Å². The zero-order valence-corrected chi connectivity index (χ0v) is 11.9. The summed E-state index contributed by atoms with van der Waals surface area (Å²) in [5.74, 6) is 2.26. The van der Waals surface area contributed by atoms with Gasteiger partial charge in [-0.25, -0.2) is 4.39 Å². The first-order valence-corrected chi connectivity index (χ1v) is 7.14. The first kappa shape index (κ1) is 13.4. The summed E-state index contributed by atoms with van der Waals surface area (Å²) in [4.78, 5) is 0. The number of rotatable bonds is 5. The van der Waals surface area contributed by atoms with Crippen LogP contribution < -0.4 is 5.32 Å². The molecule has 2 aromatic rings. The third-order valence-corrected chi connectivity index (χ3v) is 4.11. The van der Waals surface area contributed by atoms with Crippen LogP contribution in [0.4, 0.5) is 4.39 Å². The summed E-state index contributed by atoms with van der Waals surface area (Å²) < 4.78 is 18.7. The van der Waals surface area contributed by atoms with Crippen LogP contribution in [0.5, 0.6) is 0 Å². The van der Waals surface area contributed by atoms with E-state index >= 15 is 0 Å². The lowest BCUT2D eigenvalue weighted by atomic mass is 9.99. The normalized spacial score (nSPS) is 15.6. The zero-order chi connectivity index (χ0) is 14.2. The molecule has 1 saturated carbocycles. The number of hydrogen-bond donors (Lipinski definition) is 1. The summed E-state index contributed by atoms with van der Waals surface area (Å²) in [5.41, 5.74) is 1.07. The Morgan fingerprint density at radius 3 is 2.50 bits per heavy atom. The molecule has 1 N–H and O–H groups in total. The molecule has 0 atom stereocenters. The van der Waals surface area contributed by atoms with E-state index in [2.05, 4.69) is 19.2 Å². The molecule has 0 spiro atoms. The van der Waals surface area contributed by atoms with E-state index in [9.17, 15) is 4.39 Å². The van der Waals surface area contributed by atoms with Crippen LogP contribution in [0.3, 0.4) is 0 Å². The molecule has 0 bridgehead atoms. The molecule has 0 saturated heterocycles. The van der Waals surface area contributed by atoms with E-state index in [4.69, 9.17) is 4.42 Å². The molecule has 0 amide bonds. The second kappa shape index (κ2) is 5.06. The third kappa shape index (κ3) is 2.93. The van der Waals surface area contributed by atoms with Gasteiger partial charge in [0.25, 0.3) is 0 Å². The van der Waals surface area contributed by atoms with E-state index in [0.29, 0.717) is 0 Å². The highest BCUT2D eigenvalue weighted by atomic mass is 19.1. The van der Waals surface area contributed by atoms with Gasteiger partial charge in [0.1, 0.15) is 17.3 Å². The molecular weight excluding hydrogens is 253 g/mol. The Labute approximate surface area is 119 Å². The molecule has 1 aliphatic carbocycles. The fourth-order valence-corrected chi connectivity index (χ4v) is 2.51. The molecule has 0 radical (unpaired) electrons. The molecular formula is C17H20FNO. The zero-order valence-electron chi connectivity index (χ0n) is 11.9. The maximum absolute atomic E-state index is 12.9. The summed E-state index contributed by atoms with van der Waals surface area (Å²) >= 11 is 0. The van der Waals surface area contributed by atoms with Crippen LogP contribution >= 0.6 is 0 Å². The fourth-order valence-electron chi connectivity index (χ4n) is 2.51. The van der Waals surface area contributed by atoms with E-state index in [-0.39, 0.29) is 11.4 Å². The van der Waals surface area contributed by atoms with Gasteiger partial charge in [0.2, 0.25) is 0 Å². The molecule has 1 aliphatic rings. The van der Waals surface area contributed by atoms with Crippen molar-refractivity contribution in [3.8, 4) is 11.3 Å². The van der Waals surface area contributed by atoms with Gasteiger partial charge in [-0.2, -0.15) is 0 Å². The van der Waals surface area contributed by atoms with Crippen molar-refractivity contribution < 1.29 is 8.81 Å². The monoisotopic (exact) mass is 273 g/mol. The highest BCUT2D eigenvalue weighted by molar-refractivity contribution is 5.57. The van der Waals surface area contributed by atoms with E-state index < -0.39 is 0 Å². The van der Waals surface area contributed by atoms with Crippen molar-refractivity contribution >= 4 is 0 Å². The highest BCUT2D eigenvalue weighted by Gasteiger charge is 2.37. The minimum Gasteiger partial charge on any atom is -0.460 e. The number of hydrogen-bond acceptors (Lipinski definition) is 2. The van der Waals surface area contributed by atoms with E-state index in [1.807, 2.05) is 12.1 Å². The number of benzene rings is 1. The summed E-state index contributed by atoms with van der Waals surface area (Å²) in [6, 6.07) is 10.3. The predicted molar refractivity (Wildman–Crippen MR) is 77.7 cm³/mol. The summed E-state index contributed by atoms with van der Waals surface area (Å²) in [5, 5.41) is 3.56. The second-order valence-electron chi connectivity index (χ2n) is 6.12. The number of halogens is 1. The SMILES string of the molecule is CC(C)(NCc1ccc(-c2ccc(F)cc2)o1)C1CC1. The highest BCUT2D eigenvalue weighted by Crippen LogP contribution is 2.39. The van der Waals surface area contributed by atoms with Crippen molar-refractivity contribution in [2.45, 2.75) is 38.8 Å². The largest absolute Gasteiger partial charge is 0.460 e. The lowest BCUT2D eigenvalue weighted by Crippen LogP contribution is -2.40. The lowest BCUT2D eigenvalue weighted by molar-refractivity contribution is 0.324. The Morgan fingerprint density at radius 2 is 1.85 bits per heavy atom. The Bertz CT molecular complexity index is 581. The molecule has 3 rings (SSSR count). The van der Waals surface area contributed by atoms with Gasteiger partial charge in [-0.1, -0.05) is 0 Å². The lowest BCUT2D eigenvalue weighted by Gasteiger charge is -2.25. The van der Waals surface area contributed by atoms with Crippen LogP contribution in [-0.2, 0) is 6.54 Å². The van der Waals surface area contributed by atoms with Crippen molar-refractivity contribution in [3.63, 3.8) is 0 Å². The quantitative estimate of drug-likeness (QED) is 0.875. The Hall–Kier alpha value is -1.61. The van der Waals surface area contributed by atoms with Crippen molar-refractivity contribution in [2.24, 2.45) is 5.92 Å². The maximum Gasteiger partial charge on any atom is 0.134 e. The van der Waals surface area contributed by atoms with Crippen LogP contribution in [-0.4, -0.2) is 5.54 Å². The summed E-state index contributed by atoms with van der Waals surface area (Å²) in [7, 11) is 0. The standard InChI is InChI=1S/C17H20FNO/c1-17(2,13-5-6-13)19-11-15-9-10-16(20-15)12-3-7-14(18)8-4-12/h3-4,7-10,13,19H,5-6,11H2,1-2H3. The van der Waals surface area contributed by atoms with Gasteiger partial charge < -0.3 is 9.73 Å². The van der Waals surface area contributed by atoms with Gasteiger partial charge in [-0.05, 0) is 69.0 Å². The fraction of sp³-hybridized carbons (Fsp3) is 0.412. The second-order valence-corrected chi connectivity index (χ2v) is 6.12. The molecule has 20 heavy (non-hydrogen) atoms. The van der Waals surface area contributed by atoms with Crippen molar-refractivity contribution in [1.82, 2.24) is 5.32 Å². The minimum absolute atomic E-state index is 0.169. The molecule has 0 unspecified atom stereocenters. The molecule has 2 nitrogen and oxygen atoms in total. The summed E-state index contributed by atoms with van der Waals surface area (Å²) in [6.07, 6.45) is 2.64. The topological polar surface area (TPSA) is 25.2 Å². The smallest absolute Gasteiger partial charge is 0.134 e. The Balaban J connectivity index is 1.66. The Kier molecular flexibility index (Phi) is 3.38. The van der Waals surface area contributed by atoms with Crippen LogP contribution in [0.15, 0.2) is 40.8 Å². The average molecular weight is 273 g/mol. The molecule has 1 aromatic carbocycles. The van der Waals surface area contributed by atoms with Gasteiger partial charge in [0.15, 0.2) is 0 Å². The third-order valence-electron chi connectivity index (χ3n) is 4.11. The van der Waals surface area contributed by atoms with E-state index in [1.165, 1.54) is 25.0 Å². The van der Waals surface area contributed by atoms with Gasteiger partial charge in [0.05, 0.1) is 6.54 Å². The predicted octanol–water partition coefficient (Wildman–Crippen LogP) is 4.36. The van der Waals surface area contributed by atoms with Gasteiger partial charge in [0, 0.05) is 11.1 Å². The van der Waals surface area contributed by atoms with Crippen molar-refractivity contribution in [3.05, 3.63) is 48.0 Å². The van der Waals surface area contributed by atoms with Gasteiger partial charge in [-0.15, -0.1) is 0 Å². The van der Waals surface area contributed by atoms with Gasteiger partial charge in [-0.3, -0.25) is 0 Å². The maximum atomic E-state index is 12.9. The number of furan rings is 1. The molecule has 0 aliphatic heterocycles. The van der Waals surface area contributed by atoms with E-state index in [1.54, 1.807) is 12.1 Å². The minimum atomic E-state index is -0.228. The first-order chi connectivity index (χ1) is 9.54. The molecule has 106 valence electrons. The van der Waals surface area contributed by atoms with Crippen LogP contribution in [0, 0.1) is 11.7 Å². The van der Waals surface area contributed by atoms with Crippen molar-refractivity contribution in [1.29, 1.82) is 0 Å². The first-order valence-electron chi connectivity index (χ1n) is 7.14. The van der Waals surface area contributed by atoms with Gasteiger partial charge >= 0.3 is 0 Å². The van der Waals surface area contributed by atoms with Crippen LogP contribution in [0.2, 0.25) is 0 Å². The molecule has 1 fully saturated rings. The van der Waals surface area contributed by atoms with Crippen LogP contribution in [0.1, 0.15) is 32.4 Å². The number of nitrogens with one attached hydrogen (secondary N) is 1. The Morgan fingerprint density at radius 1 is 1.15 bits per heavy atom.